The third-order valence-electron chi connectivity index (χ3n) is 3.93. The van der Waals surface area contributed by atoms with Gasteiger partial charge in [-0.05, 0) is 37.8 Å². The quantitative estimate of drug-likeness (QED) is 0.532. The van der Waals surface area contributed by atoms with Crippen LogP contribution in [-0.4, -0.2) is 12.1 Å². The van der Waals surface area contributed by atoms with Crippen molar-refractivity contribution in [1.29, 1.82) is 0 Å². The van der Waals surface area contributed by atoms with Crippen molar-refractivity contribution in [2.24, 2.45) is 5.92 Å². The van der Waals surface area contributed by atoms with Crippen LogP contribution in [0.1, 0.15) is 69.7 Å². The van der Waals surface area contributed by atoms with Gasteiger partial charge in [-0.2, -0.15) is 0 Å². The monoisotopic (exact) mass is 310 g/mol. The van der Waals surface area contributed by atoms with Crippen LogP contribution in [0.2, 0.25) is 5.02 Å². The Hall–Kier alpha value is -1.02. The Morgan fingerprint density at radius 2 is 1.90 bits per heavy atom. The van der Waals surface area contributed by atoms with Crippen LogP contribution in [0.25, 0.3) is 0 Å². The summed E-state index contributed by atoms with van der Waals surface area (Å²) in [4.78, 5) is 12.1. The maximum atomic E-state index is 12.1. The number of rotatable bonds is 9. The van der Waals surface area contributed by atoms with Gasteiger partial charge in [-0.15, -0.1) is 0 Å². The Bertz CT molecular complexity index is 431. The smallest absolute Gasteiger partial charge is 0.339 e. The minimum Gasteiger partial charge on any atom is -0.459 e. The van der Waals surface area contributed by atoms with E-state index in [0.717, 1.165) is 18.8 Å². The first-order valence-electron chi connectivity index (χ1n) is 8.03. The van der Waals surface area contributed by atoms with Crippen molar-refractivity contribution in [2.75, 3.05) is 0 Å². The lowest BCUT2D eigenvalue weighted by Gasteiger charge is -2.18. The number of benzene rings is 1. The van der Waals surface area contributed by atoms with E-state index in [-0.39, 0.29) is 12.1 Å². The van der Waals surface area contributed by atoms with Gasteiger partial charge in [0.05, 0.1) is 16.7 Å². The first-order chi connectivity index (χ1) is 10.1. The normalized spacial score (nSPS) is 13.7. The van der Waals surface area contributed by atoms with Gasteiger partial charge in [-0.3, -0.25) is 0 Å². The summed E-state index contributed by atoms with van der Waals surface area (Å²) in [6.07, 6.45) is 6.97. The molecule has 2 atom stereocenters. The van der Waals surface area contributed by atoms with Gasteiger partial charge < -0.3 is 4.74 Å². The fourth-order valence-electron chi connectivity index (χ4n) is 2.45. The van der Waals surface area contributed by atoms with Gasteiger partial charge in [0.2, 0.25) is 0 Å². The molecule has 1 rings (SSSR count). The molecular formula is C18H27ClO2. The summed E-state index contributed by atoms with van der Waals surface area (Å²) in [6.45, 7) is 6.42. The molecule has 0 N–H and O–H groups in total. The number of hydrogen-bond acceptors (Lipinski definition) is 2. The minimum atomic E-state index is -0.324. The molecule has 0 spiro atoms. The predicted octanol–water partition coefficient (Wildman–Crippen LogP) is 5.88. The SMILES string of the molecule is CCCC[C@@H](CC)CC[C@@H](C)OC(=O)c1ccccc1Cl. The second kappa shape index (κ2) is 9.83. The Labute approximate surface area is 133 Å². The van der Waals surface area contributed by atoms with Crippen molar-refractivity contribution in [2.45, 2.75) is 65.4 Å². The Balaban J connectivity index is 2.41. The molecule has 2 nitrogen and oxygen atoms in total. The molecule has 0 unspecified atom stereocenters. The van der Waals surface area contributed by atoms with Gasteiger partial charge in [0, 0.05) is 0 Å². The van der Waals surface area contributed by atoms with E-state index in [1.54, 1.807) is 18.2 Å². The van der Waals surface area contributed by atoms with Crippen LogP contribution in [0, 0.1) is 5.92 Å². The Morgan fingerprint density at radius 3 is 2.52 bits per heavy atom. The highest BCUT2D eigenvalue weighted by Gasteiger charge is 2.16. The molecule has 0 fully saturated rings. The topological polar surface area (TPSA) is 26.3 Å². The number of carbonyl (C=O) groups is 1. The third-order valence-corrected chi connectivity index (χ3v) is 4.26. The highest BCUT2D eigenvalue weighted by Crippen LogP contribution is 2.21. The highest BCUT2D eigenvalue weighted by atomic mass is 35.5. The molecule has 0 bridgehead atoms. The second-order valence-corrected chi connectivity index (χ2v) is 6.10. The Morgan fingerprint density at radius 1 is 1.19 bits per heavy atom. The zero-order chi connectivity index (χ0) is 15.7. The van der Waals surface area contributed by atoms with Crippen LogP contribution < -0.4 is 0 Å². The molecule has 0 aromatic heterocycles. The number of ether oxygens (including phenoxy) is 1. The van der Waals surface area contributed by atoms with Crippen LogP contribution in [0.4, 0.5) is 0 Å². The van der Waals surface area contributed by atoms with Crippen molar-refractivity contribution in [3.63, 3.8) is 0 Å². The summed E-state index contributed by atoms with van der Waals surface area (Å²) in [6, 6.07) is 7.02. The van der Waals surface area contributed by atoms with Crippen molar-refractivity contribution in [3.05, 3.63) is 34.9 Å². The molecule has 0 saturated carbocycles. The molecule has 0 saturated heterocycles. The van der Waals surface area contributed by atoms with E-state index in [1.165, 1.54) is 25.7 Å². The molecule has 1 aromatic rings. The fraction of sp³-hybridized carbons (Fsp3) is 0.611. The number of esters is 1. The maximum absolute atomic E-state index is 12.1. The Kier molecular flexibility index (Phi) is 8.44. The van der Waals surface area contributed by atoms with Crippen LogP contribution >= 0.6 is 11.6 Å². The van der Waals surface area contributed by atoms with Crippen LogP contribution in [0.3, 0.4) is 0 Å². The van der Waals surface area contributed by atoms with Crippen LogP contribution in [0.5, 0.6) is 0 Å². The summed E-state index contributed by atoms with van der Waals surface area (Å²) >= 11 is 6.01. The van der Waals surface area contributed by atoms with Gasteiger partial charge in [0.1, 0.15) is 0 Å². The van der Waals surface area contributed by atoms with Crippen molar-refractivity contribution in [3.8, 4) is 0 Å². The fourth-order valence-corrected chi connectivity index (χ4v) is 2.66. The molecule has 118 valence electrons. The third kappa shape index (κ3) is 6.52. The molecule has 0 radical (unpaired) electrons. The van der Waals surface area contributed by atoms with Crippen molar-refractivity contribution < 1.29 is 9.53 Å². The molecule has 0 amide bonds. The van der Waals surface area contributed by atoms with Crippen molar-refractivity contribution >= 4 is 17.6 Å². The standard InChI is InChI=1S/C18H27ClO2/c1-4-6-9-15(5-2)13-12-14(3)21-18(20)16-10-7-8-11-17(16)19/h7-8,10-11,14-15H,4-6,9,12-13H2,1-3H3/t14-,15-/m1/s1. The molecule has 0 heterocycles. The van der Waals surface area contributed by atoms with E-state index in [1.807, 2.05) is 13.0 Å². The lowest BCUT2D eigenvalue weighted by Crippen LogP contribution is -2.16. The summed E-state index contributed by atoms with van der Waals surface area (Å²) in [5.41, 5.74) is 0.448. The average Bonchev–Trinajstić information content (AvgIpc) is 2.47. The van der Waals surface area contributed by atoms with Crippen molar-refractivity contribution in [1.82, 2.24) is 0 Å². The van der Waals surface area contributed by atoms with E-state index >= 15 is 0 Å². The number of halogens is 1. The van der Waals surface area contributed by atoms with Gasteiger partial charge in [0.15, 0.2) is 0 Å². The average molecular weight is 311 g/mol. The number of hydrogen-bond donors (Lipinski definition) is 0. The second-order valence-electron chi connectivity index (χ2n) is 5.69. The molecule has 21 heavy (non-hydrogen) atoms. The number of carbonyl (C=O) groups excluding carboxylic acids is 1. The predicted molar refractivity (Wildman–Crippen MR) is 88.9 cm³/mol. The summed E-state index contributed by atoms with van der Waals surface area (Å²) < 4.78 is 5.49. The molecular weight excluding hydrogens is 284 g/mol. The van der Waals surface area contributed by atoms with Gasteiger partial charge in [0.25, 0.3) is 0 Å². The zero-order valence-corrected chi connectivity index (χ0v) is 14.2. The molecule has 0 aliphatic heterocycles. The lowest BCUT2D eigenvalue weighted by molar-refractivity contribution is 0.0310. The highest BCUT2D eigenvalue weighted by molar-refractivity contribution is 6.33. The van der Waals surface area contributed by atoms with Gasteiger partial charge in [-0.1, -0.05) is 63.3 Å². The molecule has 1 aromatic carbocycles. The first kappa shape index (κ1) is 18.0. The van der Waals surface area contributed by atoms with Crippen LogP contribution in [-0.2, 0) is 4.74 Å². The zero-order valence-electron chi connectivity index (χ0n) is 13.4. The van der Waals surface area contributed by atoms with Gasteiger partial charge in [-0.25, -0.2) is 4.79 Å². The summed E-state index contributed by atoms with van der Waals surface area (Å²) in [5.74, 6) is 0.418. The lowest BCUT2D eigenvalue weighted by atomic mass is 9.93. The molecule has 0 aliphatic rings. The summed E-state index contributed by atoms with van der Waals surface area (Å²) in [7, 11) is 0. The van der Waals surface area contributed by atoms with E-state index in [0.29, 0.717) is 10.6 Å². The van der Waals surface area contributed by atoms with E-state index < -0.39 is 0 Å². The molecule has 3 heteroatoms. The van der Waals surface area contributed by atoms with E-state index in [9.17, 15) is 4.79 Å². The van der Waals surface area contributed by atoms with Gasteiger partial charge >= 0.3 is 5.97 Å². The van der Waals surface area contributed by atoms with E-state index in [4.69, 9.17) is 16.3 Å². The number of unbranched alkanes of at least 4 members (excludes halogenated alkanes) is 1. The largest absolute Gasteiger partial charge is 0.459 e. The summed E-state index contributed by atoms with van der Waals surface area (Å²) in [5, 5.41) is 0.448. The van der Waals surface area contributed by atoms with E-state index in [2.05, 4.69) is 13.8 Å². The van der Waals surface area contributed by atoms with Crippen LogP contribution in [0.15, 0.2) is 24.3 Å². The molecule has 0 aliphatic carbocycles. The first-order valence-corrected chi connectivity index (χ1v) is 8.41. The minimum absolute atomic E-state index is 0.0653. The maximum Gasteiger partial charge on any atom is 0.339 e.